The number of hydrogen-bond acceptors (Lipinski definition) is 6. The Morgan fingerprint density at radius 2 is 1.60 bits per heavy atom. The molecule has 3 N–H and O–H groups in total. The van der Waals surface area contributed by atoms with Crippen LogP contribution in [0.25, 0.3) is 5.70 Å². The van der Waals surface area contributed by atoms with E-state index in [0.29, 0.717) is 43.8 Å². The summed E-state index contributed by atoms with van der Waals surface area (Å²) in [5, 5.41) is 26.2. The summed E-state index contributed by atoms with van der Waals surface area (Å²) in [7, 11) is 7.46. The van der Waals surface area contributed by atoms with Crippen molar-refractivity contribution in [2.24, 2.45) is 0 Å². The van der Waals surface area contributed by atoms with E-state index in [-0.39, 0.29) is 24.4 Å². The Labute approximate surface area is 284 Å². The van der Waals surface area contributed by atoms with E-state index in [1.54, 1.807) is 23.9 Å². The van der Waals surface area contributed by atoms with Gasteiger partial charge in [0.2, 0.25) is 5.91 Å². The highest BCUT2D eigenvalue weighted by Gasteiger charge is 2.43. The fourth-order valence-electron chi connectivity index (χ4n) is 7.00. The van der Waals surface area contributed by atoms with Gasteiger partial charge in [-0.3, -0.25) is 15.0 Å². The van der Waals surface area contributed by atoms with Crippen molar-refractivity contribution in [1.29, 1.82) is 10.7 Å². The lowest BCUT2D eigenvalue weighted by Gasteiger charge is -2.38. The van der Waals surface area contributed by atoms with E-state index in [4.69, 9.17) is 0 Å². The third kappa shape index (κ3) is 6.85. The van der Waals surface area contributed by atoms with Gasteiger partial charge in [0.25, 0.3) is 5.91 Å². The molecule has 9 nitrogen and oxygen atoms in total. The van der Waals surface area contributed by atoms with E-state index in [1.807, 2.05) is 68.4 Å². The summed E-state index contributed by atoms with van der Waals surface area (Å²) >= 11 is 0. The number of amidine groups is 1. The number of carbonyl (C=O) groups is 2. The van der Waals surface area contributed by atoms with Crippen molar-refractivity contribution in [3.63, 3.8) is 0 Å². The topological polar surface area (TPSA) is 116 Å². The molecule has 1 aliphatic heterocycles. The van der Waals surface area contributed by atoms with Gasteiger partial charge < -0.3 is 25.3 Å². The maximum Gasteiger partial charge on any atom is 0.253 e. The van der Waals surface area contributed by atoms with Crippen molar-refractivity contribution < 1.29 is 9.59 Å². The van der Waals surface area contributed by atoms with Gasteiger partial charge in [-0.25, -0.2) is 0 Å². The number of fused-ring (bicyclic) bond motifs is 2. The monoisotopic (exact) mass is 645 g/mol. The van der Waals surface area contributed by atoms with Crippen molar-refractivity contribution >= 4 is 29.0 Å². The van der Waals surface area contributed by atoms with Crippen LogP contribution < -0.4 is 10.6 Å². The zero-order valence-electron chi connectivity index (χ0n) is 28.8. The first-order valence-electron chi connectivity index (χ1n) is 16.6. The van der Waals surface area contributed by atoms with E-state index >= 15 is 0 Å². The number of likely N-dealkylation sites (tertiary alicyclic amines) is 1. The van der Waals surface area contributed by atoms with Gasteiger partial charge >= 0.3 is 0 Å². The van der Waals surface area contributed by atoms with Crippen LogP contribution in [0.1, 0.15) is 63.0 Å². The molecule has 3 aromatic carbocycles. The average molecular weight is 646 g/mol. The van der Waals surface area contributed by atoms with E-state index < -0.39 is 5.41 Å². The predicted molar refractivity (Wildman–Crippen MR) is 192 cm³/mol. The molecule has 3 aromatic rings. The van der Waals surface area contributed by atoms with Crippen LogP contribution in [0.4, 0.5) is 5.69 Å². The van der Waals surface area contributed by atoms with Crippen molar-refractivity contribution in [2.75, 3.05) is 53.1 Å². The average Bonchev–Trinajstić information content (AvgIpc) is 3.52. The molecule has 0 aromatic heterocycles. The van der Waals surface area contributed by atoms with Crippen molar-refractivity contribution in [2.45, 2.75) is 50.5 Å². The van der Waals surface area contributed by atoms with Gasteiger partial charge in [0.05, 0.1) is 18.0 Å². The third-order valence-electron chi connectivity index (χ3n) is 9.74. The lowest BCUT2D eigenvalue weighted by Crippen LogP contribution is -2.45. The first-order valence-corrected chi connectivity index (χ1v) is 16.6. The number of anilines is 1. The number of rotatable bonds is 10. The molecule has 5 rings (SSSR count). The molecule has 1 fully saturated rings. The molecule has 48 heavy (non-hydrogen) atoms. The lowest BCUT2D eigenvalue weighted by atomic mass is 9.68. The van der Waals surface area contributed by atoms with Gasteiger partial charge in [-0.05, 0) is 104 Å². The van der Waals surface area contributed by atoms with Crippen LogP contribution in [0.15, 0.2) is 67.2 Å². The number of nitrogens with zero attached hydrogens (tertiary/aromatic N) is 4. The summed E-state index contributed by atoms with van der Waals surface area (Å²) in [6.45, 7) is 7.50. The van der Waals surface area contributed by atoms with Gasteiger partial charge in [-0.1, -0.05) is 42.5 Å². The van der Waals surface area contributed by atoms with Crippen LogP contribution in [-0.2, 0) is 23.1 Å². The fraction of sp³-hybridized carbons (Fsp3) is 0.385. The van der Waals surface area contributed by atoms with Crippen molar-refractivity contribution in [3.8, 4) is 6.07 Å². The van der Waals surface area contributed by atoms with Gasteiger partial charge in [0.1, 0.15) is 11.9 Å². The summed E-state index contributed by atoms with van der Waals surface area (Å²) in [6.07, 6.45) is 3.45. The number of nitrogens with one attached hydrogen (secondary N) is 3. The highest BCUT2D eigenvalue weighted by atomic mass is 16.2. The van der Waals surface area contributed by atoms with E-state index in [9.17, 15) is 20.3 Å². The van der Waals surface area contributed by atoms with E-state index in [2.05, 4.69) is 41.5 Å². The number of carbonyl (C=O) groups excluding carboxylic acids is 2. The van der Waals surface area contributed by atoms with Gasteiger partial charge in [-0.15, -0.1) is 0 Å². The molecule has 1 saturated heterocycles. The quantitative estimate of drug-likeness (QED) is 0.159. The summed E-state index contributed by atoms with van der Waals surface area (Å²) in [5.41, 5.74) is 7.67. The number of amides is 2. The number of benzene rings is 3. The van der Waals surface area contributed by atoms with Gasteiger partial charge in [0, 0.05) is 51.7 Å². The fourth-order valence-corrected chi connectivity index (χ4v) is 7.00. The molecular formula is C39H47N7O2. The molecule has 2 unspecified atom stereocenters. The Morgan fingerprint density at radius 1 is 0.979 bits per heavy atom. The molecule has 0 radical (unpaired) electrons. The Bertz CT molecular complexity index is 1680. The molecule has 2 aliphatic rings. The van der Waals surface area contributed by atoms with Gasteiger partial charge in [-0.2, -0.15) is 5.26 Å². The second kappa shape index (κ2) is 14.4. The number of aryl methyl sites for hydroxylation is 3. The smallest absolute Gasteiger partial charge is 0.253 e. The van der Waals surface area contributed by atoms with Crippen molar-refractivity contribution in [1.82, 2.24) is 20.0 Å². The highest BCUT2D eigenvalue weighted by Crippen LogP contribution is 2.44. The summed E-state index contributed by atoms with van der Waals surface area (Å²) in [5.74, 6) is 0.167. The first-order chi connectivity index (χ1) is 23.0. The Kier molecular flexibility index (Phi) is 10.4. The highest BCUT2D eigenvalue weighted by molar-refractivity contribution is 6.05. The Balaban J connectivity index is 1.61. The molecule has 2 amide bonds. The SMILES string of the molecule is C=C(c1ccc2c(c1)CCc1cc(C(=O)N(C)C)ccc1C2(CCNCC(=O)N1CCCC1C#N)C(=N)Nc1ccc(C)cc1)N(C)C. The Morgan fingerprint density at radius 3 is 2.21 bits per heavy atom. The molecule has 1 heterocycles. The second-order valence-corrected chi connectivity index (χ2v) is 13.4. The standard InChI is InChI=1S/C39H47N7O2/c1-26-9-15-32(16-10-26)43-38(41)39(19-20-42-25-36(47)46-21-7-8-33(46)24-40)34-17-13-28(27(2)44(3)4)22-29(34)11-12-30-23-31(14-18-35(30)39)37(48)45(5)6/h9-10,13-18,22-23,33,42H,2,7-8,11-12,19-21,25H2,1,3-6H3,(H2,41,43). The van der Waals surface area contributed by atoms with Crippen LogP contribution in [0.5, 0.6) is 0 Å². The molecule has 0 bridgehead atoms. The lowest BCUT2D eigenvalue weighted by molar-refractivity contribution is -0.130. The van der Waals surface area contributed by atoms with Crippen LogP contribution in [0.3, 0.4) is 0 Å². The molecule has 9 heteroatoms. The predicted octanol–water partition coefficient (Wildman–Crippen LogP) is 5.20. The van der Waals surface area contributed by atoms with E-state index in [1.165, 1.54) is 0 Å². The van der Waals surface area contributed by atoms with E-state index in [0.717, 1.165) is 57.6 Å². The largest absolute Gasteiger partial charge is 0.378 e. The molecule has 2 atom stereocenters. The number of nitriles is 1. The molecule has 250 valence electrons. The minimum atomic E-state index is -0.928. The van der Waals surface area contributed by atoms with Crippen LogP contribution in [0, 0.1) is 23.7 Å². The third-order valence-corrected chi connectivity index (χ3v) is 9.74. The molecule has 0 saturated carbocycles. The van der Waals surface area contributed by atoms with Crippen LogP contribution in [0.2, 0.25) is 0 Å². The van der Waals surface area contributed by atoms with Crippen LogP contribution >= 0.6 is 0 Å². The minimum Gasteiger partial charge on any atom is -0.378 e. The maximum absolute atomic E-state index is 13.1. The maximum atomic E-state index is 13.1. The molecule has 0 spiro atoms. The minimum absolute atomic E-state index is 0.0691. The summed E-state index contributed by atoms with van der Waals surface area (Å²) in [4.78, 5) is 31.5. The zero-order valence-corrected chi connectivity index (χ0v) is 28.8. The van der Waals surface area contributed by atoms with Gasteiger partial charge in [0.15, 0.2) is 0 Å². The Hall–Kier alpha value is -4.94. The molecule has 1 aliphatic carbocycles. The second-order valence-electron chi connectivity index (χ2n) is 13.4. The first kappa shape index (κ1) is 34.4. The van der Waals surface area contributed by atoms with Crippen molar-refractivity contribution in [3.05, 3.63) is 106 Å². The summed E-state index contributed by atoms with van der Waals surface area (Å²) < 4.78 is 0. The number of hydrogen-bond donors (Lipinski definition) is 3. The normalized spacial score (nSPS) is 18.2. The molecular weight excluding hydrogens is 598 g/mol. The van der Waals surface area contributed by atoms with Crippen LogP contribution in [-0.4, -0.2) is 86.2 Å². The summed E-state index contributed by atoms with van der Waals surface area (Å²) in [6, 6.07) is 22.2. The zero-order chi connectivity index (χ0) is 34.6.